The number of aromatic carboxylic acids is 1. The van der Waals surface area contributed by atoms with E-state index >= 15 is 0 Å². The summed E-state index contributed by atoms with van der Waals surface area (Å²) in [6.07, 6.45) is 0.151. The largest absolute Gasteiger partial charge is 0.490 e. The second-order valence-electron chi connectivity index (χ2n) is 3.57. The van der Waals surface area contributed by atoms with E-state index in [1.807, 2.05) is 13.8 Å². The van der Waals surface area contributed by atoms with Gasteiger partial charge in [0.1, 0.15) is 17.9 Å². The first kappa shape index (κ1) is 12.5. The van der Waals surface area contributed by atoms with Gasteiger partial charge < -0.3 is 14.6 Å². The lowest BCUT2D eigenvalue weighted by Gasteiger charge is -2.10. The van der Waals surface area contributed by atoms with Crippen LogP contribution in [0, 0.1) is 0 Å². The van der Waals surface area contributed by atoms with Crippen LogP contribution in [-0.4, -0.2) is 30.4 Å². The summed E-state index contributed by atoms with van der Waals surface area (Å²) < 4.78 is 10.6. The van der Waals surface area contributed by atoms with Crippen LogP contribution in [-0.2, 0) is 4.74 Å². The van der Waals surface area contributed by atoms with E-state index in [-0.39, 0.29) is 11.7 Å². The van der Waals surface area contributed by atoms with Gasteiger partial charge in [0.25, 0.3) is 0 Å². The van der Waals surface area contributed by atoms with Gasteiger partial charge in [0.15, 0.2) is 0 Å². The molecule has 0 aliphatic carbocycles. The molecule has 1 aromatic carbocycles. The molecule has 0 amide bonds. The van der Waals surface area contributed by atoms with E-state index < -0.39 is 5.97 Å². The van der Waals surface area contributed by atoms with E-state index in [9.17, 15) is 4.79 Å². The van der Waals surface area contributed by atoms with Gasteiger partial charge in [-0.3, -0.25) is 0 Å². The molecule has 0 heterocycles. The molecule has 4 heteroatoms. The number of carboxylic acid groups (broad SMARTS) is 1. The van der Waals surface area contributed by atoms with E-state index in [2.05, 4.69) is 0 Å². The molecule has 1 aromatic rings. The second kappa shape index (κ2) is 6.12. The van der Waals surface area contributed by atoms with Crippen molar-refractivity contribution in [3.8, 4) is 5.75 Å². The topological polar surface area (TPSA) is 55.8 Å². The molecule has 0 saturated heterocycles. The molecular formula is C12H16O4. The third kappa shape index (κ3) is 3.90. The summed E-state index contributed by atoms with van der Waals surface area (Å²) in [6.45, 7) is 4.67. The summed E-state index contributed by atoms with van der Waals surface area (Å²) in [4.78, 5) is 10.9. The third-order valence-electron chi connectivity index (χ3n) is 1.91. The zero-order chi connectivity index (χ0) is 12.0. The molecule has 0 aliphatic heterocycles. The minimum atomic E-state index is -0.986. The van der Waals surface area contributed by atoms with Crippen LogP contribution in [0.2, 0.25) is 0 Å². The van der Waals surface area contributed by atoms with Crippen molar-refractivity contribution in [2.45, 2.75) is 20.0 Å². The summed E-state index contributed by atoms with van der Waals surface area (Å²) in [7, 11) is 0. The van der Waals surface area contributed by atoms with Gasteiger partial charge in [-0.15, -0.1) is 0 Å². The van der Waals surface area contributed by atoms with Gasteiger partial charge in [-0.25, -0.2) is 4.79 Å². The molecule has 4 nitrogen and oxygen atoms in total. The van der Waals surface area contributed by atoms with Crippen molar-refractivity contribution < 1.29 is 19.4 Å². The van der Waals surface area contributed by atoms with Crippen molar-refractivity contribution in [2.24, 2.45) is 0 Å². The number of benzene rings is 1. The summed E-state index contributed by atoms with van der Waals surface area (Å²) in [6, 6.07) is 6.56. The monoisotopic (exact) mass is 224 g/mol. The van der Waals surface area contributed by atoms with E-state index in [4.69, 9.17) is 14.6 Å². The smallest absolute Gasteiger partial charge is 0.339 e. The van der Waals surface area contributed by atoms with Crippen molar-refractivity contribution in [1.82, 2.24) is 0 Å². The first-order valence-corrected chi connectivity index (χ1v) is 5.18. The molecule has 0 aliphatic rings. The Bertz CT molecular complexity index is 347. The van der Waals surface area contributed by atoms with Gasteiger partial charge in [0.05, 0.1) is 12.7 Å². The first-order valence-electron chi connectivity index (χ1n) is 5.18. The number of hydrogen-bond acceptors (Lipinski definition) is 3. The Morgan fingerprint density at radius 2 is 2.00 bits per heavy atom. The molecule has 0 bridgehead atoms. The predicted octanol–water partition coefficient (Wildman–Crippen LogP) is 2.19. The normalized spacial score (nSPS) is 10.4. The average Bonchev–Trinajstić information content (AvgIpc) is 2.24. The maximum Gasteiger partial charge on any atom is 0.339 e. The van der Waals surface area contributed by atoms with Crippen LogP contribution < -0.4 is 4.74 Å². The summed E-state index contributed by atoms with van der Waals surface area (Å²) in [5, 5.41) is 8.90. The number of hydrogen-bond donors (Lipinski definition) is 1. The lowest BCUT2D eigenvalue weighted by atomic mass is 10.2. The highest BCUT2D eigenvalue weighted by atomic mass is 16.5. The molecule has 16 heavy (non-hydrogen) atoms. The Morgan fingerprint density at radius 1 is 1.31 bits per heavy atom. The molecule has 0 saturated carbocycles. The predicted molar refractivity (Wildman–Crippen MR) is 60.0 cm³/mol. The molecule has 0 radical (unpaired) electrons. The van der Waals surface area contributed by atoms with Crippen molar-refractivity contribution in [2.75, 3.05) is 13.2 Å². The minimum Gasteiger partial charge on any atom is -0.490 e. The fourth-order valence-corrected chi connectivity index (χ4v) is 1.20. The number of ether oxygens (including phenoxy) is 2. The SMILES string of the molecule is CC(C)OCCOc1ccccc1C(=O)O. The van der Waals surface area contributed by atoms with Gasteiger partial charge in [0, 0.05) is 0 Å². The number of para-hydroxylation sites is 1. The lowest BCUT2D eigenvalue weighted by Crippen LogP contribution is -2.12. The van der Waals surface area contributed by atoms with Gasteiger partial charge in [-0.1, -0.05) is 12.1 Å². The van der Waals surface area contributed by atoms with Crippen molar-refractivity contribution >= 4 is 5.97 Å². The Morgan fingerprint density at radius 3 is 2.62 bits per heavy atom. The molecular weight excluding hydrogens is 208 g/mol. The summed E-state index contributed by atoms with van der Waals surface area (Å²) >= 11 is 0. The molecule has 0 spiro atoms. The Kier molecular flexibility index (Phi) is 4.79. The van der Waals surface area contributed by atoms with Gasteiger partial charge in [-0.2, -0.15) is 0 Å². The number of carbonyl (C=O) groups is 1. The lowest BCUT2D eigenvalue weighted by molar-refractivity contribution is 0.0538. The summed E-state index contributed by atoms with van der Waals surface area (Å²) in [5.74, 6) is -0.609. The van der Waals surface area contributed by atoms with Crippen LogP contribution >= 0.6 is 0 Å². The van der Waals surface area contributed by atoms with Gasteiger partial charge in [-0.05, 0) is 26.0 Å². The van der Waals surface area contributed by atoms with Crippen molar-refractivity contribution in [3.05, 3.63) is 29.8 Å². The highest BCUT2D eigenvalue weighted by molar-refractivity contribution is 5.90. The Labute approximate surface area is 94.8 Å². The average molecular weight is 224 g/mol. The molecule has 88 valence electrons. The molecule has 0 atom stereocenters. The third-order valence-corrected chi connectivity index (χ3v) is 1.91. The Balaban J connectivity index is 2.50. The van der Waals surface area contributed by atoms with Crippen LogP contribution in [0.25, 0.3) is 0 Å². The molecule has 1 N–H and O–H groups in total. The molecule has 0 aromatic heterocycles. The standard InChI is InChI=1S/C12H16O4/c1-9(2)15-7-8-16-11-6-4-3-5-10(11)12(13)14/h3-6,9H,7-8H2,1-2H3,(H,13,14). The van der Waals surface area contributed by atoms with E-state index in [1.54, 1.807) is 18.2 Å². The van der Waals surface area contributed by atoms with Gasteiger partial charge in [0.2, 0.25) is 0 Å². The molecule has 0 unspecified atom stereocenters. The van der Waals surface area contributed by atoms with Crippen LogP contribution in [0.4, 0.5) is 0 Å². The first-order chi connectivity index (χ1) is 7.61. The fraction of sp³-hybridized carbons (Fsp3) is 0.417. The fourth-order valence-electron chi connectivity index (χ4n) is 1.20. The van der Waals surface area contributed by atoms with Crippen LogP contribution in [0.3, 0.4) is 0 Å². The number of rotatable bonds is 6. The zero-order valence-corrected chi connectivity index (χ0v) is 9.47. The highest BCUT2D eigenvalue weighted by Crippen LogP contribution is 2.17. The van der Waals surface area contributed by atoms with E-state index in [1.165, 1.54) is 6.07 Å². The van der Waals surface area contributed by atoms with E-state index in [0.717, 1.165) is 0 Å². The van der Waals surface area contributed by atoms with Crippen molar-refractivity contribution in [3.63, 3.8) is 0 Å². The van der Waals surface area contributed by atoms with Crippen LogP contribution in [0.1, 0.15) is 24.2 Å². The molecule has 0 fully saturated rings. The van der Waals surface area contributed by atoms with Crippen LogP contribution in [0.5, 0.6) is 5.75 Å². The minimum absolute atomic E-state index is 0.151. The highest BCUT2D eigenvalue weighted by Gasteiger charge is 2.09. The van der Waals surface area contributed by atoms with Crippen molar-refractivity contribution in [1.29, 1.82) is 0 Å². The van der Waals surface area contributed by atoms with Crippen LogP contribution in [0.15, 0.2) is 24.3 Å². The summed E-state index contributed by atoms with van der Waals surface area (Å²) in [5.41, 5.74) is 0.173. The molecule has 1 rings (SSSR count). The quantitative estimate of drug-likeness (QED) is 0.752. The van der Waals surface area contributed by atoms with Gasteiger partial charge >= 0.3 is 5.97 Å². The zero-order valence-electron chi connectivity index (χ0n) is 9.47. The maximum absolute atomic E-state index is 10.9. The van der Waals surface area contributed by atoms with E-state index in [0.29, 0.717) is 19.0 Å². The number of carboxylic acids is 1. The maximum atomic E-state index is 10.9. The Hall–Kier alpha value is -1.55. The second-order valence-corrected chi connectivity index (χ2v) is 3.57.